The molecular weight excluding hydrogens is 272 g/mol. The van der Waals surface area contributed by atoms with Crippen molar-refractivity contribution in [2.24, 2.45) is 5.92 Å². The second-order valence-corrected chi connectivity index (χ2v) is 5.70. The van der Waals surface area contributed by atoms with Gasteiger partial charge in [0, 0.05) is 10.6 Å². The van der Waals surface area contributed by atoms with E-state index >= 15 is 0 Å². The minimum absolute atomic E-state index is 0.180. The molecule has 1 N–H and O–H groups in total. The Labute approximate surface area is 124 Å². The van der Waals surface area contributed by atoms with Gasteiger partial charge in [0.1, 0.15) is 5.75 Å². The van der Waals surface area contributed by atoms with Crippen LogP contribution in [0.2, 0.25) is 5.02 Å². The van der Waals surface area contributed by atoms with Crippen molar-refractivity contribution in [2.75, 3.05) is 7.11 Å². The molecule has 2 nitrogen and oxygen atoms in total. The van der Waals surface area contributed by atoms with Crippen molar-refractivity contribution < 1.29 is 9.84 Å². The molecule has 20 heavy (non-hydrogen) atoms. The Morgan fingerprint density at radius 1 is 1.15 bits per heavy atom. The molecule has 2 aromatic rings. The summed E-state index contributed by atoms with van der Waals surface area (Å²) in [6.07, 6.45) is 1.23. The summed E-state index contributed by atoms with van der Waals surface area (Å²) in [5.41, 5.74) is 3.44. The molecule has 104 valence electrons. The lowest BCUT2D eigenvalue weighted by atomic mass is 9.92. The maximum atomic E-state index is 10.7. The molecule has 0 radical (unpaired) electrons. The Hall–Kier alpha value is -1.51. The van der Waals surface area contributed by atoms with E-state index in [4.69, 9.17) is 16.3 Å². The van der Waals surface area contributed by atoms with Crippen LogP contribution in [-0.2, 0) is 12.8 Å². The summed E-state index contributed by atoms with van der Waals surface area (Å²) >= 11 is 6.05. The lowest BCUT2D eigenvalue weighted by Gasteiger charge is -2.20. The zero-order valence-electron chi connectivity index (χ0n) is 11.3. The Morgan fingerprint density at radius 2 is 1.80 bits per heavy atom. The fraction of sp³-hybridized carbons (Fsp3) is 0.294. The maximum absolute atomic E-state index is 10.7. The van der Waals surface area contributed by atoms with Crippen LogP contribution in [0.4, 0.5) is 0 Å². The van der Waals surface area contributed by atoms with Gasteiger partial charge in [-0.3, -0.25) is 0 Å². The van der Waals surface area contributed by atoms with Crippen molar-refractivity contribution in [2.45, 2.75) is 18.9 Å². The molecule has 3 rings (SSSR count). The zero-order valence-corrected chi connectivity index (χ0v) is 12.1. The summed E-state index contributed by atoms with van der Waals surface area (Å²) in [5, 5.41) is 11.3. The highest BCUT2D eigenvalue weighted by Crippen LogP contribution is 2.39. The molecule has 0 fully saturated rings. The van der Waals surface area contributed by atoms with Crippen LogP contribution in [-0.4, -0.2) is 12.2 Å². The Morgan fingerprint density at radius 3 is 2.40 bits per heavy atom. The third kappa shape index (κ3) is 2.41. The first kappa shape index (κ1) is 13.5. The predicted octanol–water partition coefficient (Wildman–Crippen LogP) is 3.80. The zero-order chi connectivity index (χ0) is 14.1. The van der Waals surface area contributed by atoms with E-state index in [1.165, 1.54) is 11.1 Å². The number of hydrogen-bond donors (Lipinski definition) is 1. The summed E-state index contributed by atoms with van der Waals surface area (Å²) < 4.78 is 5.34. The normalized spacial score (nSPS) is 15.9. The summed E-state index contributed by atoms with van der Waals surface area (Å²) in [6.45, 7) is 0. The molecule has 0 spiro atoms. The first-order valence-electron chi connectivity index (χ1n) is 6.77. The highest BCUT2D eigenvalue weighted by atomic mass is 35.5. The summed E-state index contributed by atoms with van der Waals surface area (Å²) in [7, 11) is 1.61. The largest absolute Gasteiger partial charge is 0.496 e. The van der Waals surface area contributed by atoms with Crippen molar-refractivity contribution in [1.29, 1.82) is 0 Å². The molecule has 0 aromatic heterocycles. The van der Waals surface area contributed by atoms with Gasteiger partial charge in [0.25, 0.3) is 0 Å². The maximum Gasteiger partial charge on any atom is 0.124 e. The molecule has 1 atom stereocenters. The van der Waals surface area contributed by atoms with Crippen LogP contribution in [0, 0.1) is 5.92 Å². The van der Waals surface area contributed by atoms with Gasteiger partial charge in [-0.2, -0.15) is 0 Å². The third-order valence-electron chi connectivity index (χ3n) is 4.04. The minimum Gasteiger partial charge on any atom is -0.496 e. The van der Waals surface area contributed by atoms with Gasteiger partial charge in [-0.1, -0.05) is 35.9 Å². The van der Waals surface area contributed by atoms with Crippen molar-refractivity contribution in [3.05, 3.63) is 64.2 Å². The second kappa shape index (κ2) is 5.47. The molecule has 0 bridgehead atoms. The smallest absolute Gasteiger partial charge is 0.124 e. The molecule has 3 heteroatoms. The van der Waals surface area contributed by atoms with E-state index < -0.39 is 6.10 Å². The van der Waals surface area contributed by atoms with Gasteiger partial charge in [0.05, 0.1) is 13.2 Å². The molecule has 1 aliphatic rings. The molecule has 0 amide bonds. The monoisotopic (exact) mass is 288 g/mol. The SMILES string of the molecule is COc1ccc(Cl)cc1C(O)C1Cc2ccccc2C1. The Bertz CT molecular complexity index is 599. The number of fused-ring (bicyclic) bond motifs is 1. The summed E-state index contributed by atoms with van der Waals surface area (Å²) in [5.74, 6) is 0.873. The third-order valence-corrected chi connectivity index (χ3v) is 4.27. The molecular formula is C17H17ClO2. The number of hydrogen-bond acceptors (Lipinski definition) is 2. The van der Waals surface area contributed by atoms with Crippen LogP contribution in [0.15, 0.2) is 42.5 Å². The first-order chi connectivity index (χ1) is 9.69. The van der Waals surface area contributed by atoms with E-state index in [0.717, 1.165) is 18.4 Å². The van der Waals surface area contributed by atoms with E-state index in [1.807, 2.05) is 18.2 Å². The van der Waals surface area contributed by atoms with E-state index in [0.29, 0.717) is 10.8 Å². The molecule has 0 heterocycles. The van der Waals surface area contributed by atoms with Gasteiger partial charge in [-0.05, 0) is 48.1 Å². The Balaban J connectivity index is 1.88. The van der Waals surface area contributed by atoms with Gasteiger partial charge in [-0.15, -0.1) is 0 Å². The van der Waals surface area contributed by atoms with Crippen LogP contribution >= 0.6 is 11.6 Å². The molecule has 0 saturated heterocycles. The Kier molecular flexibility index (Phi) is 3.68. The highest BCUT2D eigenvalue weighted by Gasteiger charge is 2.29. The topological polar surface area (TPSA) is 29.5 Å². The number of ether oxygens (including phenoxy) is 1. The average molecular weight is 289 g/mol. The number of halogens is 1. The van der Waals surface area contributed by atoms with E-state index in [2.05, 4.69) is 12.1 Å². The number of aliphatic hydroxyl groups is 1. The van der Waals surface area contributed by atoms with E-state index in [-0.39, 0.29) is 5.92 Å². The standard InChI is InChI=1S/C17H17ClO2/c1-20-16-7-6-14(18)10-15(16)17(19)13-8-11-4-2-3-5-12(11)9-13/h2-7,10,13,17,19H,8-9H2,1H3. The minimum atomic E-state index is -0.559. The van der Waals surface area contributed by atoms with E-state index in [1.54, 1.807) is 19.2 Å². The molecule has 0 saturated carbocycles. The van der Waals surface area contributed by atoms with Crippen molar-refractivity contribution in [3.8, 4) is 5.75 Å². The molecule has 2 aromatic carbocycles. The van der Waals surface area contributed by atoms with Gasteiger partial charge in [-0.25, -0.2) is 0 Å². The average Bonchev–Trinajstić information content (AvgIpc) is 2.90. The molecule has 0 aliphatic heterocycles. The fourth-order valence-corrected chi connectivity index (χ4v) is 3.19. The van der Waals surface area contributed by atoms with E-state index in [9.17, 15) is 5.11 Å². The quantitative estimate of drug-likeness (QED) is 0.931. The number of rotatable bonds is 3. The number of methoxy groups -OCH3 is 1. The summed E-state index contributed by atoms with van der Waals surface area (Å²) in [4.78, 5) is 0. The van der Waals surface area contributed by atoms with Crippen LogP contribution in [0.5, 0.6) is 5.75 Å². The van der Waals surface area contributed by atoms with Crippen molar-refractivity contribution in [1.82, 2.24) is 0 Å². The van der Waals surface area contributed by atoms with Crippen LogP contribution in [0.1, 0.15) is 22.8 Å². The first-order valence-corrected chi connectivity index (χ1v) is 7.15. The van der Waals surface area contributed by atoms with Crippen molar-refractivity contribution >= 4 is 11.6 Å². The summed E-state index contributed by atoms with van der Waals surface area (Å²) in [6, 6.07) is 13.8. The number of benzene rings is 2. The predicted molar refractivity (Wildman–Crippen MR) is 80.3 cm³/mol. The van der Waals surface area contributed by atoms with Crippen LogP contribution < -0.4 is 4.74 Å². The lowest BCUT2D eigenvalue weighted by molar-refractivity contribution is 0.110. The van der Waals surface area contributed by atoms with Crippen molar-refractivity contribution in [3.63, 3.8) is 0 Å². The van der Waals surface area contributed by atoms with Gasteiger partial charge >= 0.3 is 0 Å². The highest BCUT2D eigenvalue weighted by molar-refractivity contribution is 6.30. The lowest BCUT2D eigenvalue weighted by Crippen LogP contribution is -2.13. The van der Waals surface area contributed by atoms with Gasteiger partial charge in [0.15, 0.2) is 0 Å². The second-order valence-electron chi connectivity index (χ2n) is 5.27. The number of aliphatic hydroxyl groups excluding tert-OH is 1. The van der Waals surface area contributed by atoms with Crippen LogP contribution in [0.25, 0.3) is 0 Å². The van der Waals surface area contributed by atoms with Crippen LogP contribution in [0.3, 0.4) is 0 Å². The van der Waals surface area contributed by atoms with Gasteiger partial charge in [0.2, 0.25) is 0 Å². The fourth-order valence-electron chi connectivity index (χ4n) is 3.01. The molecule has 1 aliphatic carbocycles. The van der Waals surface area contributed by atoms with Gasteiger partial charge < -0.3 is 9.84 Å². The molecule has 1 unspecified atom stereocenters.